The molecule has 0 atom stereocenters. The fraction of sp³-hybridized carbons (Fsp3) is 0.667. The zero-order valence-corrected chi connectivity index (χ0v) is 15.2. The number of hydrogen-bond donors (Lipinski definition) is 2. The molecule has 1 fully saturated rings. The maximum absolute atomic E-state index is 5.17. The molecule has 2 heterocycles. The van der Waals surface area contributed by atoms with Crippen LogP contribution in [-0.2, 0) is 6.54 Å². The Kier molecular flexibility index (Phi) is 7.82. The number of guanidine groups is 1. The van der Waals surface area contributed by atoms with Gasteiger partial charge < -0.3 is 20.3 Å². The molecule has 0 bridgehead atoms. The molecule has 6 heteroatoms. The van der Waals surface area contributed by atoms with Crippen molar-refractivity contribution in [2.75, 3.05) is 33.3 Å². The fourth-order valence-corrected chi connectivity index (χ4v) is 2.95. The molecule has 1 aliphatic heterocycles. The van der Waals surface area contributed by atoms with Gasteiger partial charge in [0.2, 0.25) is 5.88 Å². The van der Waals surface area contributed by atoms with Crippen LogP contribution in [0.5, 0.6) is 5.88 Å². The summed E-state index contributed by atoms with van der Waals surface area (Å²) in [5, 5.41) is 6.90. The number of piperidine rings is 1. The van der Waals surface area contributed by atoms with E-state index in [-0.39, 0.29) is 0 Å². The molecular formula is C18H31N5O. The van der Waals surface area contributed by atoms with Crippen molar-refractivity contribution in [1.82, 2.24) is 20.5 Å². The van der Waals surface area contributed by atoms with Crippen LogP contribution in [-0.4, -0.2) is 55.2 Å². The Hall–Kier alpha value is -1.82. The maximum atomic E-state index is 5.17. The number of aliphatic imine (C=N–C) groups is 1. The zero-order chi connectivity index (χ0) is 17.2. The van der Waals surface area contributed by atoms with Crippen LogP contribution in [0.4, 0.5) is 0 Å². The first kappa shape index (κ1) is 18.5. The molecule has 0 saturated carbocycles. The lowest BCUT2D eigenvalue weighted by molar-refractivity contribution is 0.206. The smallest absolute Gasteiger partial charge is 0.213 e. The topological polar surface area (TPSA) is 61.8 Å². The number of ether oxygens (including phenoxy) is 1. The van der Waals surface area contributed by atoms with E-state index in [1.54, 1.807) is 7.11 Å². The van der Waals surface area contributed by atoms with Crippen molar-refractivity contribution in [2.45, 2.75) is 45.7 Å². The van der Waals surface area contributed by atoms with Gasteiger partial charge in [-0.05, 0) is 38.8 Å². The van der Waals surface area contributed by atoms with Crippen molar-refractivity contribution < 1.29 is 4.74 Å². The van der Waals surface area contributed by atoms with Crippen molar-refractivity contribution in [3.8, 4) is 5.88 Å². The molecule has 0 aromatic carbocycles. The number of likely N-dealkylation sites (tertiary alicyclic amines) is 1. The molecule has 0 unspecified atom stereocenters. The number of rotatable bonds is 7. The van der Waals surface area contributed by atoms with Gasteiger partial charge in [-0.25, -0.2) is 9.98 Å². The van der Waals surface area contributed by atoms with Crippen molar-refractivity contribution in [3.63, 3.8) is 0 Å². The Morgan fingerprint density at radius 2 is 2.12 bits per heavy atom. The van der Waals surface area contributed by atoms with Crippen LogP contribution < -0.4 is 15.4 Å². The first-order chi connectivity index (χ1) is 11.7. The lowest BCUT2D eigenvalue weighted by atomic mass is 10.1. The highest BCUT2D eigenvalue weighted by atomic mass is 16.5. The second kappa shape index (κ2) is 10.1. The van der Waals surface area contributed by atoms with E-state index in [0.29, 0.717) is 18.5 Å². The lowest BCUT2D eigenvalue weighted by Gasteiger charge is -2.32. The highest BCUT2D eigenvalue weighted by molar-refractivity contribution is 5.80. The number of methoxy groups -OCH3 is 1. The summed E-state index contributed by atoms with van der Waals surface area (Å²) in [6, 6.07) is 6.26. The predicted octanol–water partition coefficient (Wildman–Crippen LogP) is 2.02. The molecule has 134 valence electrons. The number of nitrogens with zero attached hydrogens (tertiary/aromatic N) is 3. The van der Waals surface area contributed by atoms with Crippen molar-refractivity contribution in [3.05, 3.63) is 23.9 Å². The standard InChI is InChI=1S/C18H31N5O/c1-4-11-23-12-9-15(10-13-23)22-18(19-5-2)20-14-16-7-6-8-17(21-16)24-3/h6-8,15H,4-5,9-14H2,1-3H3,(H2,19,20,22). The summed E-state index contributed by atoms with van der Waals surface area (Å²) in [4.78, 5) is 11.6. The molecule has 2 rings (SSSR count). The molecule has 1 saturated heterocycles. The number of aromatic nitrogens is 1. The van der Waals surface area contributed by atoms with Gasteiger partial charge in [0.1, 0.15) is 0 Å². The van der Waals surface area contributed by atoms with Crippen molar-refractivity contribution in [1.29, 1.82) is 0 Å². The summed E-state index contributed by atoms with van der Waals surface area (Å²) in [6.45, 7) is 9.28. The van der Waals surface area contributed by atoms with Crippen LogP contribution >= 0.6 is 0 Å². The van der Waals surface area contributed by atoms with E-state index in [1.165, 1.54) is 38.9 Å². The molecule has 1 aromatic rings. The normalized spacial score (nSPS) is 16.9. The summed E-state index contributed by atoms with van der Waals surface area (Å²) in [6.07, 6.45) is 3.57. The van der Waals surface area contributed by atoms with Crippen LogP contribution in [0.3, 0.4) is 0 Å². The van der Waals surface area contributed by atoms with E-state index in [1.807, 2.05) is 18.2 Å². The fourth-order valence-electron chi connectivity index (χ4n) is 2.95. The van der Waals surface area contributed by atoms with Gasteiger partial charge in [0.05, 0.1) is 19.3 Å². The van der Waals surface area contributed by atoms with E-state index < -0.39 is 0 Å². The maximum Gasteiger partial charge on any atom is 0.213 e. The van der Waals surface area contributed by atoms with E-state index in [2.05, 4.69) is 39.4 Å². The van der Waals surface area contributed by atoms with Crippen LogP contribution in [0, 0.1) is 0 Å². The van der Waals surface area contributed by atoms with Gasteiger partial charge in [-0.3, -0.25) is 0 Å². The summed E-state index contributed by atoms with van der Waals surface area (Å²) in [7, 11) is 1.63. The molecule has 1 aliphatic rings. The minimum Gasteiger partial charge on any atom is -0.481 e. The van der Waals surface area contributed by atoms with Gasteiger partial charge in [0, 0.05) is 31.7 Å². The quantitative estimate of drug-likeness (QED) is 0.590. The molecule has 0 spiro atoms. The molecule has 0 radical (unpaired) electrons. The Morgan fingerprint density at radius 1 is 1.33 bits per heavy atom. The van der Waals surface area contributed by atoms with E-state index in [9.17, 15) is 0 Å². The first-order valence-corrected chi connectivity index (χ1v) is 9.02. The molecule has 24 heavy (non-hydrogen) atoms. The second-order valence-corrected chi connectivity index (χ2v) is 6.13. The molecular weight excluding hydrogens is 302 g/mol. The highest BCUT2D eigenvalue weighted by Gasteiger charge is 2.19. The Labute approximate surface area is 145 Å². The summed E-state index contributed by atoms with van der Waals surface area (Å²) in [5.41, 5.74) is 0.907. The van der Waals surface area contributed by atoms with Crippen LogP contribution in [0.2, 0.25) is 0 Å². The van der Waals surface area contributed by atoms with Crippen LogP contribution in [0.25, 0.3) is 0 Å². The SMILES string of the molecule is CCCN1CCC(NC(=NCc2cccc(OC)n2)NCC)CC1. The van der Waals surface area contributed by atoms with Crippen LogP contribution in [0.1, 0.15) is 38.8 Å². The van der Waals surface area contributed by atoms with Gasteiger partial charge in [-0.1, -0.05) is 13.0 Å². The molecule has 0 aliphatic carbocycles. The van der Waals surface area contributed by atoms with E-state index in [4.69, 9.17) is 4.74 Å². The molecule has 2 N–H and O–H groups in total. The summed E-state index contributed by atoms with van der Waals surface area (Å²) >= 11 is 0. The van der Waals surface area contributed by atoms with E-state index in [0.717, 1.165) is 18.2 Å². The van der Waals surface area contributed by atoms with Crippen LogP contribution in [0.15, 0.2) is 23.2 Å². The monoisotopic (exact) mass is 333 g/mol. The average molecular weight is 333 g/mol. The second-order valence-electron chi connectivity index (χ2n) is 6.13. The third-order valence-corrected chi connectivity index (χ3v) is 4.20. The first-order valence-electron chi connectivity index (χ1n) is 9.02. The Bertz CT molecular complexity index is 512. The van der Waals surface area contributed by atoms with Gasteiger partial charge in [-0.15, -0.1) is 0 Å². The minimum atomic E-state index is 0.495. The van der Waals surface area contributed by atoms with Gasteiger partial charge in [-0.2, -0.15) is 0 Å². The van der Waals surface area contributed by atoms with Gasteiger partial charge in [0.15, 0.2) is 5.96 Å². The molecule has 6 nitrogen and oxygen atoms in total. The predicted molar refractivity (Wildman–Crippen MR) is 98.5 cm³/mol. The van der Waals surface area contributed by atoms with E-state index >= 15 is 0 Å². The number of nitrogens with one attached hydrogen (secondary N) is 2. The largest absolute Gasteiger partial charge is 0.481 e. The van der Waals surface area contributed by atoms with Gasteiger partial charge in [0.25, 0.3) is 0 Å². The third-order valence-electron chi connectivity index (χ3n) is 4.20. The highest BCUT2D eigenvalue weighted by Crippen LogP contribution is 2.11. The third kappa shape index (κ3) is 6.00. The lowest BCUT2D eigenvalue weighted by Crippen LogP contribution is -2.48. The Balaban J connectivity index is 1.89. The number of pyridine rings is 1. The summed E-state index contributed by atoms with van der Waals surface area (Å²) < 4.78 is 5.17. The molecule has 0 amide bonds. The number of hydrogen-bond acceptors (Lipinski definition) is 4. The minimum absolute atomic E-state index is 0.495. The Morgan fingerprint density at radius 3 is 2.79 bits per heavy atom. The summed E-state index contributed by atoms with van der Waals surface area (Å²) in [5.74, 6) is 1.50. The average Bonchev–Trinajstić information content (AvgIpc) is 2.62. The zero-order valence-electron chi connectivity index (χ0n) is 15.2. The molecule has 1 aromatic heterocycles. The van der Waals surface area contributed by atoms with Crippen molar-refractivity contribution >= 4 is 5.96 Å². The van der Waals surface area contributed by atoms with Crippen molar-refractivity contribution in [2.24, 2.45) is 4.99 Å². The van der Waals surface area contributed by atoms with Gasteiger partial charge >= 0.3 is 0 Å².